The van der Waals surface area contributed by atoms with Crippen LogP contribution in [0, 0.1) is 13.8 Å². The SMILES string of the molecule is COc1cccc(NC(=O)COC(=O)CCNS(=O)(=O)c2cc(C)ccc2C)c1. The number of methoxy groups -OCH3 is 1. The first-order valence-corrected chi connectivity index (χ1v) is 10.4. The maximum atomic E-state index is 12.4. The average Bonchev–Trinajstić information content (AvgIpc) is 2.68. The number of amides is 1. The number of sulfonamides is 1. The van der Waals surface area contributed by atoms with Crippen molar-refractivity contribution in [1.82, 2.24) is 4.72 Å². The molecule has 0 aliphatic carbocycles. The molecule has 0 bridgehead atoms. The van der Waals surface area contributed by atoms with Crippen LogP contribution < -0.4 is 14.8 Å². The van der Waals surface area contributed by atoms with Gasteiger partial charge in [-0.3, -0.25) is 9.59 Å². The summed E-state index contributed by atoms with van der Waals surface area (Å²) in [5.74, 6) is -0.618. The van der Waals surface area contributed by atoms with Crippen LogP contribution in [0.25, 0.3) is 0 Å². The molecule has 0 saturated carbocycles. The van der Waals surface area contributed by atoms with Gasteiger partial charge in [0.05, 0.1) is 18.4 Å². The largest absolute Gasteiger partial charge is 0.497 e. The minimum absolute atomic E-state index is 0.133. The second-order valence-corrected chi connectivity index (χ2v) is 8.09. The minimum Gasteiger partial charge on any atom is -0.497 e. The van der Waals surface area contributed by atoms with Gasteiger partial charge in [-0.25, -0.2) is 13.1 Å². The van der Waals surface area contributed by atoms with Crippen molar-refractivity contribution in [2.45, 2.75) is 25.2 Å². The Labute approximate surface area is 170 Å². The highest BCUT2D eigenvalue weighted by molar-refractivity contribution is 7.89. The number of anilines is 1. The van der Waals surface area contributed by atoms with Gasteiger partial charge in [0.15, 0.2) is 6.61 Å². The van der Waals surface area contributed by atoms with E-state index in [9.17, 15) is 18.0 Å². The van der Waals surface area contributed by atoms with Crippen molar-refractivity contribution in [2.24, 2.45) is 0 Å². The molecule has 2 rings (SSSR count). The van der Waals surface area contributed by atoms with Crippen molar-refractivity contribution in [3.63, 3.8) is 0 Å². The molecule has 2 aromatic carbocycles. The molecule has 2 N–H and O–H groups in total. The van der Waals surface area contributed by atoms with E-state index in [0.717, 1.165) is 5.56 Å². The smallest absolute Gasteiger partial charge is 0.307 e. The van der Waals surface area contributed by atoms with Crippen LogP contribution in [-0.2, 0) is 24.3 Å². The van der Waals surface area contributed by atoms with Crippen LogP contribution in [0.15, 0.2) is 47.4 Å². The molecule has 9 heteroatoms. The molecule has 0 unspecified atom stereocenters. The molecule has 0 aliphatic rings. The lowest BCUT2D eigenvalue weighted by Crippen LogP contribution is -2.28. The molecule has 2 aromatic rings. The monoisotopic (exact) mass is 420 g/mol. The quantitative estimate of drug-likeness (QED) is 0.602. The maximum absolute atomic E-state index is 12.4. The van der Waals surface area contributed by atoms with E-state index in [-0.39, 0.29) is 17.9 Å². The van der Waals surface area contributed by atoms with E-state index >= 15 is 0 Å². The molecule has 0 spiro atoms. The minimum atomic E-state index is -3.74. The molecule has 1 amide bonds. The van der Waals surface area contributed by atoms with Crippen LogP contribution in [0.4, 0.5) is 5.69 Å². The molecule has 0 atom stereocenters. The summed E-state index contributed by atoms with van der Waals surface area (Å²) in [5, 5.41) is 2.58. The number of hydrogen-bond donors (Lipinski definition) is 2. The number of aryl methyl sites for hydroxylation is 2. The van der Waals surface area contributed by atoms with Crippen molar-refractivity contribution in [1.29, 1.82) is 0 Å². The number of carbonyl (C=O) groups excluding carboxylic acids is 2. The van der Waals surface area contributed by atoms with E-state index in [4.69, 9.17) is 9.47 Å². The van der Waals surface area contributed by atoms with Gasteiger partial charge in [0.2, 0.25) is 10.0 Å². The molecule has 8 nitrogen and oxygen atoms in total. The first kappa shape index (κ1) is 22.4. The predicted molar refractivity (Wildman–Crippen MR) is 108 cm³/mol. The third kappa shape index (κ3) is 6.88. The highest BCUT2D eigenvalue weighted by Crippen LogP contribution is 2.17. The molecule has 0 heterocycles. The van der Waals surface area contributed by atoms with Gasteiger partial charge in [0, 0.05) is 18.3 Å². The van der Waals surface area contributed by atoms with Gasteiger partial charge >= 0.3 is 5.97 Å². The third-order valence-corrected chi connectivity index (χ3v) is 5.58. The number of nitrogens with one attached hydrogen (secondary N) is 2. The molecular weight excluding hydrogens is 396 g/mol. The molecule has 156 valence electrons. The maximum Gasteiger partial charge on any atom is 0.307 e. The van der Waals surface area contributed by atoms with Crippen molar-refractivity contribution < 1.29 is 27.5 Å². The van der Waals surface area contributed by atoms with E-state index in [2.05, 4.69) is 10.0 Å². The second-order valence-electron chi connectivity index (χ2n) is 6.36. The summed E-state index contributed by atoms with van der Waals surface area (Å²) in [5.41, 5.74) is 1.93. The molecule has 0 radical (unpaired) electrons. The highest BCUT2D eigenvalue weighted by atomic mass is 32.2. The number of benzene rings is 2. The van der Waals surface area contributed by atoms with Crippen LogP contribution in [-0.4, -0.2) is 40.6 Å². The van der Waals surface area contributed by atoms with Crippen molar-refractivity contribution in [3.8, 4) is 5.75 Å². The van der Waals surface area contributed by atoms with Crippen LogP contribution in [0.1, 0.15) is 17.5 Å². The first-order chi connectivity index (χ1) is 13.7. The summed E-state index contributed by atoms with van der Waals surface area (Å²) in [7, 11) is -2.23. The second kappa shape index (κ2) is 10.0. The van der Waals surface area contributed by atoms with Crippen LogP contribution in [0.5, 0.6) is 5.75 Å². The number of esters is 1. The Morgan fingerprint density at radius 2 is 1.83 bits per heavy atom. The summed E-state index contributed by atoms with van der Waals surface area (Å²) >= 11 is 0. The van der Waals surface area contributed by atoms with E-state index in [1.807, 2.05) is 6.07 Å². The third-order valence-electron chi connectivity index (χ3n) is 3.97. The van der Waals surface area contributed by atoms with Crippen LogP contribution in [0.3, 0.4) is 0 Å². The molecule has 0 aliphatic heterocycles. The highest BCUT2D eigenvalue weighted by Gasteiger charge is 2.17. The lowest BCUT2D eigenvalue weighted by Gasteiger charge is -2.10. The van der Waals surface area contributed by atoms with Gasteiger partial charge in [0.25, 0.3) is 5.91 Å². The summed E-state index contributed by atoms with van der Waals surface area (Å²) in [6.07, 6.45) is -0.198. The molecule has 0 saturated heterocycles. The van der Waals surface area contributed by atoms with E-state index in [1.54, 1.807) is 50.2 Å². The summed E-state index contributed by atoms with van der Waals surface area (Å²) in [4.78, 5) is 23.8. The Hall–Kier alpha value is -2.91. The summed E-state index contributed by atoms with van der Waals surface area (Å²) in [6, 6.07) is 11.9. The molecule has 0 fully saturated rings. The van der Waals surface area contributed by atoms with E-state index in [1.165, 1.54) is 7.11 Å². The Kier molecular flexibility index (Phi) is 7.74. The van der Waals surface area contributed by atoms with Gasteiger partial charge in [-0.2, -0.15) is 0 Å². The summed E-state index contributed by atoms with van der Waals surface area (Å²) in [6.45, 7) is 2.89. The number of rotatable bonds is 9. The Bertz CT molecular complexity index is 988. The van der Waals surface area contributed by atoms with Gasteiger partial charge in [-0.15, -0.1) is 0 Å². The lowest BCUT2D eigenvalue weighted by atomic mass is 10.2. The van der Waals surface area contributed by atoms with E-state index in [0.29, 0.717) is 17.0 Å². The normalized spacial score (nSPS) is 11.0. The first-order valence-electron chi connectivity index (χ1n) is 8.88. The Balaban J connectivity index is 1.78. The van der Waals surface area contributed by atoms with Crippen molar-refractivity contribution >= 4 is 27.6 Å². The molecule has 0 aromatic heterocycles. The fourth-order valence-electron chi connectivity index (χ4n) is 2.48. The number of carbonyl (C=O) groups is 2. The zero-order valence-corrected chi connectivity index (χ0v) is 17.3. The zero-order valence-electron chi connectivity index (χ0n) is 16.5. The van der Waals surface area contributed by atoms with Gasteiger partial charge in [-0.1, -0.05) is 18.2 Å². The Morgan fingerprint density at radius 1 is 1.07 bits per heavy atom. The molecule has 29 heavy (non-hydrogen) atoms. The van der Waals surface area contributed by atoms with E-state index < -0.39 is 28.5 Å². The van der Waals surface area contributed by atoms with Crippen molar-refractivity contribution in [2.75, 3.05) is 25.6 Å². The standard InChI is InChI=1S/C20H24N2O6S/c1-14-7-8-15(2)18(11-14)29(25,26)21-10-9-20(24)28-13-19(23)22-16-5-4-6-17(12-16)27-3/h4-8,11-12,21H,9-10,13H2,1-3H3,(H,22,23). The molecular formula is C20H24N2O6S. The lowest BCUT2D eigenvalue weighted by molar-refractivity contribution is -0.147. The fraction of sp³-hybridized carbons (Fsp3) is 0.300. The van der Waals surface area contributed by atoms with Crippen LogP contribution >= 0.6 is 0 Å². The average molecular weight is 420 g/mol. The summed E-state index contributed by atoms with van der Waals surface area (Å²) < 4.78 is 37.1. The topological polar surface area (TPSA) is 111 Å². The van der Waals surface area contributed by atoms with Crippen LogP contribution in [0.2, 0.25) is 0 Å². The van der Waals surface area contributed by atoms with Gasteiger partial charge < -0.3 is 14.8 Å². The number of hydrogen-bond acceptors (Lipinski definition) is 6. The van der Waals surface area contributed by atoms with Gasteiger partial charge in [0.1, 0.15) is 5.75 Å². The fourth-order valence-corrected chi connectivity index (χ4v) is 3.84. The zero-order chi connectivity index (χ0) is 21.4. The Morgan fingerprint density at radius 3 is 2.55 bits per heavy atom. The predicted octanol–water partition coefficient (Wildman–Crippen LogP) is 2.16. The van der Waals surface area contributed by atoms with Crippen molar-refractivity contribution in [3.05, 3.63) is 53.6 Å². The number of ether oxygens (including phenoxy) is 2. The van der Waals surface area contributed by atoms with Gasteiger partial charge in [-0.05, 0) is 43.2 Å².